The van der Waals surface area contributed by atoms with E-state index in [0.717, 1.165) is 32.1 Å². The van der Waals surface area contributed by atoms with E-state index in [2.05, 4.69) is 50.3 Å². The van der Waals surface area contributed by atoms with Crippen molar-refractivity contribution in [3.63, 3.8) is 0 Å². The molecule has 0 spiro atoms. The van der Waals surface area contributed by atoms with Crippen molar-refractivity contribution < 1.29 is 14.6 Å². The number of fused-ring (bicyclic) bond motifs is 1. The number of aliphatic hydroxyl groups is 1. The summed E-state index contributed by atoms with van der Waals surface area (Å²) in [7, 11) is 0. The van der Waals surface area contributed by atoms with Crippen LogP contribution < -0.4 is 0 Å². The van der Waals surface area contributed by atoms with Crippen LogP contribution in [-0.2, 0) is 9.47 Å². The Bertz CT molecular complexity index is 726. The summed E-state index contributed by atoms with van der Waals surface area (Å²) in [6.45, 7) is 4.55. The van der Waals surface area contributed by atoms with Crippen molar-refractivity contribution in [2.45, 2.75) is 231 Å². The Balaban J connectivity index is 1.48. The lowest BCUT2D eigenvalue weighted by Gasteiger charge is -2.30. The highest BCUT2D eigenvalue weighted by Crippen LogP contribution is 2.43. The summed E-state index contributed by atoms with van der Waals surface area (Å²) in [6, 6.07) is 0. The van der Waals surface area contributed by atoms with Gasteiger partial charge in [0.15, 0.2) is 5.79 Å². The average Bonchev–Trinajstić information content (AvgIpc) is 3.54. The van der Waals surface area contributed by atoms with Gasteiger partial charge >= 0.3 is 0 Å². The summed E-state index contributed by atoms with van der Waals surface area (Å²) in [6.07, 6.45) is 51.8. The fourth-order valence-electron chi connectivity index (χ4n) is 7.15. The van der Waals surface area contributed by atoms with Gasteiger partial charge in [0.25, 0.3) is 0 Å². The molecule has 1 saturated heterocycles. The predicted octanol–water partition coefficient (Wildman–Crippen LogP) is 13.3. The van der Waals surface area contributed by atoms with E-state index in [9.17, 15) is 5.11 Å². The highest BCUT2D eigenvalue weighted by molar-refractivity contribution is 4.94. The van der Waals surface area contributed by atoms with Crippen LogP contribution in [0, 0.1) is 0 Å². The van der Waals surface area contributed by atoms with Crippen molar-refractivity contribution in [1.29, 1.82) is 0 Å². The van der Waals surface area contributed by atoms with Crippen molar-refractivity contribution in [3.05, 3.63) is 36.5 Å². The number of ether oxygens (including phenoxy) is 2. The number of unbranched alkanes of at least 4 members (excludes halogenated alkanes) is 21. The lowest BCUT2D eigenvalue weighted by Crippen LogP contribution is -2.32. The predicted molar refractivity (Wildman–Crippen MR) is 196 cm³/mol. The Morgan fingerprint density at radius 3 is 1.24 bits per heavy atom. The molecular formula is C42H76O3. The van der Waals surface area contributed by atoms with E-state index in [4.69, 9.17) is 9.47 Å². The molecule has 1 N–H and O–H groups in total. The fourth-order valence-corrected chi connectivity index (χ4v) is 7.15. The second kappa shape index (κ2) is 28.1. The minimum Gasteiger partial charge on any atom is -0.393 e. The maximum atomic E-state index is 10.1. The molecule has 0 aromatic carbocycles. The van der Waals surface area contributed by atoms with Gasteiger partial charge < -0.3 is 14.6 Å². The molecule has 3 nitrogen and oxygen atoms in total. The van der Waals surface area contributed by atoms with Crippen LogP contribution in [-0.4, -0.2) is 29.2 Å². The second-order valence-corrected chi connectivity index (χ2v) is 14.4. The maximum absolute atomic E-state index is 10.1. The van der Waals surface area contributed by atoms with Gasteiger partial charge in [-0.2, -0.15) is 0 Å². The molecule has 2 unspecified atom stereocenters. The fraction of sp³-hybridized carbons (Fsp3) is 0.857. The Kier molecular flexibility index (Phi) is 25.2. The van der Waals surface area contributed by atoms with Crippen molar-refractivity contribution in [2.75, 3.05) is 0 Å². The zero-order valence-electron chi connectivity index (χ0n) is 30.2. The highest BCUT2D eigenvalue weighted by Gasteiger charge is 2.50. The third kappa shape index (κ3) is 20.8. The van der Waals surface area contributed by atoms with E-state index in [-0.39, 0.29) is 24.1 Å². The van der Waals surface area contributed by atoms with Crippen LogP contribution in [0.2, 0.25) is 0 Å². The van der Waals surface area contributed by atoms with Crippen molar-refractivity contribution in [1.82, 2.24) is 0 Å². The lowest BCUT2D eigenvalue weighted by atomic mass is 9.98. The summed E-state index contributed by atoms with van der Waals surface area (Å²) in [4.78, 5) is 0. The maximum Gasteiger partial charge on any atom is 0.169 e. The second-order valence-electron chi connectivity index (χ2n) is 14.4. The van der Waals surface area contributed by atoms with E-state index in [0.29, 0.717) is 0 Å². The molecule has 0 amide bonds. The van der Waals surface area contributed by atoms with Crippen LogP contribution in [0.25, 0.3) is 0 Å². The topological polar surface area (TPSA) is 38.7 Å². The van der Waals surface area contributed by atoms with Gasteiger partial charge in [-0.25, -0.2) is 0 Å². The average molecular weight is 629 g/mol. The SMILES string of the molecule is CCCCC/C=C\C/C=C\CCCCCCCCC1(CCCCCCCC/C=C\CCCCCCCC)O[C@H]2CC(O)C[C@H]2O1. The van der Waals surface area contributed by atoms with Crippen molar-refractivity contribution >= 4 is 0 Å². The summed E-state index contributed by atoms with van der Waals surface area (Å²) in [5.41, 5.74) is 0. The van der Waals surface area contributed by atoms with Crippen LogP contribution in [0.1, 0.15) is 206 Å². The number of aliphatic hydroxyl groups excluding tert-OH is 1. The molecule has 1 saturated carbocycles. The van der Waals surface area contributed by atoms with E-state index >= 15 is 0 Å². The largest absolute Gasteiger partial charge is 0.393 e. The highest BCUT2D eigenvalue weighted by atomic mass is 16.8. The van der Waals surface area contributed by atoms with E-state index in [1.165, 1.54) is 161 Å². The molecule has 0 radical (unpaired) electrons. The van der Waals surface area contributed by atoms with Crippen LogP contribution >= 0.6 is 0 Å². The van der Waals surface area contributed by atoms with Gasteiger partial charge in [-0.15, -0.1) is 0 Å². The van der Waals surface area contributed by atoms with E-state index in [1.54, 1.807) is 0 Å². The monoisotopic (exact) mass is 629 g/mol. The first kappa shape index (κ1) is 40.3. The third-order valence-electron chi connectivity index (χ3n) is 9.98. The minimum atomic E-state index is -0.383. The molecular weight excluding hydrogens is 552 g/mol. The van der Waals surface area contributed by atoms with E-state index < -0.39 is 0 Å². The smallest absolute Gasteiger partial charge is 0.169 e. The number of hydrogen-bond acceptors (Lipinski definition) is 3. The molecule has 3 heteroatoms. The molecule has 1 aliphatic carbocycles. The molecule has 262 valence electrons. The Morgan fingerprint density at radius 2 is 0.800 bits per heavy atom. The van der Waals surface area contributed by atoms with Crippen LogP contribution in [0.3, 0.4) is 0 Å². The van der Waals surface area contributed by atoms with Gasteiger partial charge in [-0.05, 0) is 70.6 Å². The van der Waals surface area contributed by atoms with Gasteiger partial charge in [-0.3, -0.25) is 0 Å². The lowest BCUT2D eigenvalue weighted by molar-refractivity contribution is -0.194. The van der Waals surface area contributed by atoms with Crippen molar-refractivity contribution in [3.8, 4) is 0 Å². The molecule has 1 heterocycles. The number of hydrogen-bond donors (Lipinski definition) is 1. The molecule has 0 aromatic rings. The molecule has 2 fully saturated rings. The zero-order valence-corrected chi connectivity index (χ0v) is 30.2. The Morgan fingerprint density at radius 1 is 0.467 bits per heavy atom. The van der Waals surface area contributed by atoms with Gasteiger partial charge in [-0.1, -0.05) is 147 Å². The van der Waals surface area contributed by atoms with Gasteiger partial charge in [0.05, 0.1) is 18.3 Å². The first-order valence-electron chi connectivity index (χ1n) is 20.2. The quantitative estimate of drug-likeness (QED) is 0.0613. The van der Waals surface area contributed by atoms with Crippen LogP contribution in [0.4, 0.5) is 0 Å². The summed E-state index contributed by atoms with van der Waals surface area (Å²) in [5, 5.41) is 10.1. The molecule has 0 bridgehead atoms. The van der Waals surface area contributed by atoms with Gasteiger partial charge in [0, 0.05) is 25.7 Å². The molecule has 1 aliphatic heterocycles. The summed E-state index contributed by atoms with van der Waals surface area (Å²) >= 11 is 0. The molecule has 4 atom stereocenters. The van der Waals surface area contributed by atoms with Gasteiger partial charge in [0.2, 0.25) is 0 Å². The standard InChI is InChI=1S/C42H76O3/c1-3-5-7-9-11-13-15-17-19-21-23-25-27-29-31-33-35-42(44-40-37-39(43)38-41(40)45-42)36-34-32-30-28-26-24-22-20-18-16-14-12-10-8-6-4-2/h11,13,17-20,39-41,43H,3-10,12,14-16,21-38H2,1-2H3/b13-11-,19-17-,20-18-/t39?,40-,41+,42?. The summed E-state index contributed by atoms with van der Waals surface area (Å²) in [5.74, 6) is -0.383. The normalized spacial score (nSPS) is 23.4. The third-order valence-corrected chi connectivity index (χ3v) is 9.98. The van der Waals surface area contributed by atoms with E-state index in [1.807, 2.05) is 0 Å². The molecule has 45 heavy (non-hydrogen) atoms. The first-order chi connectivity index (χ1) is 22.2. The van der Waals surface area contributed by atoms with Crippen LogP contribution in [0.15, 0.2) is 36.5 Å². The van der Waals surface area contributed by atoms with Crippen LogP contribution in [0.5, 0.6) is 0 Å². The molecule has 2 rings (SSSR count). The van der Waals surface area contributed by atoms with Gasteiger partial charge in [0.1, 0.15) is 0 Å². The number of rotatable bonds is 31. The van der Waals surface area contributed by atoms with Crippen molar-refractivity contribution in [2.24, 2.45) is 0 Å². The first-order valence-corrected chi connectivity index (χ1v) is 20.2. The molecule has 0 aromatic heterocycles. The summed E-state index contributed by atoms with van der Waals surface area (Å²) < 4.78 is 13.2. The number of allylic oxidation sites excluding steroid dienone is 6. The molecule has 2 aliphatic rings. The minimum absolute atomic E-state index is 0.110. The Labute approximate surface area is 281 Å². The Hall–Kier alpha value is -0.900. The zero-order chi connectivity index (χ0) is 32.1.